The first-order chi connectivity index (χ1) is 8.08. The van der Waals surface area contributed by atoms with Crippen molar-refractivity contribution in [2.75, 3.05) is 0 Å². The Bertz CT molecular complexity index is 612. The van der Waals surface area contributed by atoms with E-state index in [1.807, 2.05) is 0 Å². The second-order valence-electron chi connectivity index (χ2n) is 3.54. The zero-order chi connectivity index (χ0) is 12.4. The Kier molecular flexibility index (Phi) is 3.64. The van der Waals surface area contributed by atoms with Crippen LogP contribution in [0.1, 0.15) is 5.56 Å². The maximum Gasteiger partial charge on any atom is 0.265 e. The fourth-order valence-corrected chi connectivity index (χ4v) is 1.96. The number of hydrogen-bond donors (Lipinski definition) is 0. The summed E-state index contributed by atoms with van der Waals surface area (Å²) < 4.78 is 15.2. The number of aromatic nitrogens is 1. The molecule has 1 heterocycles. The van der Waals surface area contributed by atoms with Crippen LogP contribution in [0.15, 0.2) is 45.8 Å². The van der Waals surface area contributed by atoms with Crippen LogP contribution < -0.4 is 5.56 Å². The first kappa shape index (κ1) is 12.3. The topological polar surface area (TPSA) is 22.0 Å². The van der Waals surface area contributed by atoms with Crippen molar-refractivity contribution in [1.29, 1.82) is 0 Å². The summed E-state index contributed by atoms with van der Waals surface area (Å²) in [7, 11) is 0. The molecule has 2 nitrogen and oxygen atoms in total. The van der Waals surface area contributed by atoms with Crippen molar-refractivity contribution in [1.82, 2.24) is 4.57 Å². The van der Waals surface area contributed by atoms with Gasteiger partial charge in [0, 0.05) is 6.20 Å². The van der Waals surface area contributed by atoms with E-state index in [2.05, 4.69) is 15.9 Å². The zero-order valence-electron chi connectivity index (χ0n) is 8.66. The Morgan fingerprint density at radius 2 is 2.12 bits per heavy atom. The van der Waals surface area contributed by atoms with Gasteiger partial charge in [-0.15, -0.1) is 0 Å². The van der Waals surface area contributed by atoms with E-state index in [0.29, 0.717) is 16.6 Å². The minimum absolute atomic E-state index is 0.0790. The third-order valence-electron chi connectivity index (χ3n) is 2.31. The van der Waals surface area contributed by atoms with Crippen molar-refractivity contribution in [2.45, 2.75) is 6.54 Å². The summed E-state index contributed by atoms with van der Waals surface area (Å²) >= 11 is 8.75. The highest BCUT2D eigenvalue weighted by Gasteiger charge is 2.04. The fourth-order valence-electron chi connectivity index (χ4n) is 1.47. The lowest BCUT2D eigenvalue weighted by atomic mass is 10.2. The van der Waals surface area contributed by atoms with Crippen LogP contribution in [0.2, 0.25) is 5.02 Å². The Labute approximate surface area is 111 Å². The van der Waals surface area contributed by atoms with E-state index in [1.165, 1.54) is 16.7 Å². The molecule has 0 saturated carbocycles. The van der Waals surface area contributed by atoms with Gasteiger partial charge in [0.25, 0.3) is 5.56 Å². The molecule has 0 aliphatic heterocycles. The van der Waals surface area contributed by atoms with Crippen LogP contribution in [-0.2, 0) is 6.54 Å². The Morgan fingerprint density at radius 1 is 1.35 bits per heavy atom. The van der Waals surface area contributed by atoms with Gasteiger partial charge in [0.05, 0.1) is 16.0 Å². The number of benzene rings is 1. The molecule has 0 amide bonds. The van der Waals surface area contributed by atoms with Crippen molar-refractivity contribution >= 4 is 27.5 Å². The second kappa shape index (κ2) is 5.02. The highest BCUT2D eigenvalue weighted by atomic mass is 79.9. The third-order valence-corrected chi connectivity index (χ3v) is 3.22. The molecular formula is C12H8BrClFNO. The van der Waals surface area contributed by atoms with E-state index in [1.54, 1.807) is 24.4 Å². The molecule has 1 aromatic carbocycles. The van der Waals surface area contributed by atoms with Gasteiger partial charge in [-0.1, -0.05) is 17.7 Å². The van der Waals surface area contributed by atoms with Crippen molar-refractivity contribution < 1.29 is 4.39 Å². The molecule has 0 aliphatic carbocycles. The Balaban J connectivity index is 2.35. The summed E-state index contributed by atoms with van der Waals surface area (Å²) in [5, 5.41) is 0.0790. The Morgan fingerprint density at radius 3 is 2.82 bits per heavy atom. The highest BCUT2D eigenvalue weighted by molar-refractivity contribution is 9.10. The lowest BCUT2D eigenvalue weighted by Crippen LogP contribution is -2.20. The minimum atomic E-state index is -0.479. The summed E-state index contributed by atoms with van der Waals surface area (Å²) in [5.74, 6) is -0.479. The van der Waals surface area contributed by atoms with Crippen LogP contribution in [0.3, 0.4) is 0 Å². The number of pyridine rings is 1. The molecule has 0 bridgehead atoms. The van der Waals surface area contributed by atoms with Crippen LogP contribution in [-0.4, -0.2) is 4.57 Å². The molecule has 0 saturated heterocycles. The van der Waals surface area contributed by atoms with Gasteiger partial charge in [0.1, 0.15) is 5.82 Å². The average molecular weight is 317 g/mol. The maximum absolute atomic E-state index is 13.2. The number of hydrogen-bond acceptors (Lipinski definition) is 1. The van der Waals surface area contributed by atoms with Gasteiger partial charge in [-0.05, 0) is 45.8 Å². The molecule has 0 fully saturated rings. The van der Waals surface area contributed by atoms with E-state index in [9.17, 15) is 9.18 Å². The summed E-state index contributed by atoms with van der Waals surface area (Å²) in [5.41, 5.74) is 0.537. The third kappa shape index (κ3) is 2.76. The molecule has 0 N–H and O–H groups in total. The van der Waals surface area contributed by atoms with E-state index >= 15 is 0 Å². The standard InChI is InChI=1S/C12H8BrClFNO/c13-9-2-1-5-16(12(9)17)7-8-3-4-10(14)11(15)6-8/h1-6H,7H2. The lowest BCUT2D eigenvalue weighted by Gasteiger charge is -2.06. The number of rotatable bonds is 2. The van der Waals surface area contributed by atoms with Crippen molar-refractivity contribution in [3.63, 3.8) is 0 Å². The summed E-state index contributed by atoms with van der Waals surface area (Å²) in [6, 6.07) is 7.92. The normalized spacial score (nSPS) is 10.5. The molecule has 5 heteroatoms. The largest absolute Gasteiger partial charge is 0.310 e. The molecule has 17 heavy (non-hydrogen) atoms. The molecule has 1 aromatic heterocycles. The van der Waals surface area contributed by atoms with Crippen molar-refractivity contribution in [3.8, 4) is 0 Å². The van der Waals surface area contributed by atoms with Crippen LogP contribution in [0.5, 0.6) is 0 Å². The SMILES string of the molecule is O=c1c(Br)cccn1Cc1ccc(Cl)c(F)c1. The van der Waals surface area contributed by atoms with Gasteiger partial charge in [-0.2, -0.15) is 0 Å². The molecule has 0 radical (unpaired) electrons. The zero-order valence-corrected chi connectivity index (χ0v) is 11.0. The molecule has 2 rings (SSSR count). The predicted octanol–water partition coefficient (Wildman–Crippen LogP) is 3.45. The molecule has 2 aromatic rings. The average Bonchev–Trinajstić information content (AvgIpc) is 2.30. The molecule has 0 spiro atoms. The Hall–Kier alpha value is -1.13. The molecular weight excluding hydrogens is 308 g/mol. The van der Waals surface area contributed by atoms with E-state index < -0.39 is 5.82 Å². The summed E-state index contributed by atoms with van der Waals surface area (Å²) in [4.78, 5) is 11.7. The quantitative estimate of drug-likeness (QED) is 0.832. The molecule has 0 aliphatic rings. The first-order valence-corrected chi connectivity index (χ1v) is 6.04. The van der Waals surface area contributed by atoms with Crippen LogP contribution in [0.4, 0.5) is 4.39 Å². The van der Waals surface area contributed by atoms with Gasteiger partial charge in [0.15, 0.2) is 0 Å². The van der Waals surface area contributed by atoms with Crippen molar-refractivity contribution in [2.24, 2.45) is 0 Å². The van der Waals surface area contributed by atoms with Gasteiger partial charge >= 0.3 is 0 Å². The maximum atomic E-state index is 13.2. The monoisotopic (exact) mass is 315 g/mol. The smallest absolute Gasteiger partial charge is 0.265 e. The second-order valence-corrected chi connectivity index (χ2v) is 4.80. The van der Waals surface area contributed by atoms with Gasteiger partial charge < -0.3 is 4.57 Å². The van der Waals surface area contributed by atoms with Crippen LogP contribution in [0.25, 0.3) is 0 Å². The summed E-state index contributed by atoms with van der Waals surface area (Å²) in [6.07, 6.45) is 1.65. The first-order valence-electron chi connectivity index (χ1n) is 4.87. The summed E-state index contributed by atoms with van der Waals surface area (Å²) in [6.45, 7) is 0.312. The number of nitrogens with zero attached hydrogens (tertiary/aromatic N) is 1. The van der Waals surface area contributed by atoms with Crippen LogP contribution in [0, 0.1) is 5.82 Å². The van der Waals surface area contributed by atoms with E-state index in [4.69, 9.17) is 11.6 Å². The predicted molar refractivity (Wildman–Crippen MR) is 68.9 cm³/mol. The number of halogens is 3. The molecule has 0 atom stereocenters. The van der Waals surface area contributed by atoms with E-state index in [0.717, 1.165) is 0 Å². The van der Waals surface area contributed by atoms with Gasteiger partial charge in [-0.25, -0.2) is 4.39 Å². The molecule has 88 valence electrons. The van der Waals surface area contributed by atoms with Gasteiger partial charge in [-0.3, -0.25) is 4.79 Å². The molecule has 0 unspecified atom stereocenters. The fraction of sp³-hybridized carbons (Fsp3) is 0.0833. The highest BCUT2D eigenvalue weighted by Crippen LogP contribution is 2.16. The minimum Gasteiger partial charge on any atom is -0.310 e. The van der Waals surface area contributed by atoms with Crippen LogP contribution >= 0.6 is 27.5 Å². The van der Waals surface area contributed by atoms with E-state index in [-0.39, 0.29) is 10.6 Å². The van der Waals surface area contributed by atoms with Gasteiger partial charge in [0.2, 0.25) is 0 Å². The van der Waals surface area contributed by atoms with Crippen molar-refractivity contribution in [3.05, 3.63) is 67.8 Å². The lowest BCUT2D eigenvalue weighted by molar-refractivity contribution is 0.623.